The smallest absolute Gasteiger partial charge is 0.0541 e. The lowest BCUT2D eigenvalue weighted by Gasteiger charge is -2.11. The molecule has 0 radical (unpaired) electrons. The van der Waals surface area contributed by atoms with Crippen LogP contribution in [0.15, 0.2) is 110 Å². The third-order valence-corrected chi connectivity index (χ3v) is 8.04. The highest BCUT2D eigenvalue weighted by Crippen LogP contribution is 2.36. The average molecular weight is 530 g/mol. The molecule has 0 unspecified atom stereocenters. The quantitative estimate of drug-likeness (QED) is 0.222. The van der Waals surface area contributed by atoms with Crippen LogP contribution in [0.3, 0.4) is 0 Å². The average Bonchev–Trinajstić information content (AvgIpc) is 3.64. The molecule has 3 nitrogen and oxygen atoms in total. The van der Waals surface area contributed by atoms with Crippen molar-refractivity contribution in [3.63, 3.8) is 0 Å². The molecule has 4 aromatic carbocycles. The summed E-state index contributed by atoms with van der Waals surface area (Å²) in [6, 6.07) is 30.5. The second-order valence-corrected chi connectivity index (χ2v) is 10.3. The van der Waals surface area contributed by atoms with Crippen LogP contribution in [0, 0.1) is 0 Å². The minimum atomic E-state index is 1.09. The first-order chi connectivity index (χ1) is 20.2. The normalized spacial score (nSPS) is 12.1. The third kappa shape index (κ3) is 3.66. The fourth-order valence-corrected chi connectivity index (χ4v) is 6.36. The summed E-state index contributed by atoms with van der Waals surface area (Å²) in [7, 11) is 0. The highest BCUT2D eigenvalue weighted by Gasteiger charge is 2.18. The molecule has 7 rings (SSSR count). The zero-order valence-corrected chi connectivity index (χ0v) is 23.4. The van der Waals surface area contributed by atoms with Gasteiger partial charge in [0, 0.05) is 55.1 Å². The van der Waals surface area contributed by atoms with Gasteiger partial charge in [0.05, 0.1) is 22.4 Å². The van der Waals surface area contributed by atoms with Crippen molar-refractivity contribution >= 4 is 67.9 Å². The summed E-state index contributed by atoms with van der Waals surface area (Å²) in [5, 5.41) is 4.81. The summed E-state index contributed by atoms with van der Waals surface area (Å²) in [5.74, 6) is 0. The van der Waals surface area contributed by atoms with Crippen LogP contribution >= 0.6 is 0 Å². The fourth-order valence-electron chi connectivity index (χ4n) is 6.36. The molecular formula is C38H31N3. The highest BCUT2D eigenvalue weighted by atomic mass is 15.0. The fraction of sp³-hybridized carbons (Fsp3) is 0.0526. The van der Waals surface area contributed by atoms with Crippen LogP contribution in [-0.4, -0.2) is 14.1 Å². The minimum absolute atomic E-state index is 1.09. The van der Waals surface area contributed by atoms with Crippen LogP contribution in [0.2, 0.25) is 0 Å². The second kappa shape index (κ2) is 9.72. The molecule has 0 amide bonds. The number of fused-ring (bicyclic) bond motifs is 5. The SMILES string of the molecule is C=Cc1c(/C=C\C)c2ccccc2n1-c1ccc2[nH]c3ccc(-n4c(C=C)c(/C=C\C)c5ccccc54)cc3c2c1. The number of aromatic nitrogens is 3. The lowest BCUT2D eigenvalue weighted by Crippen LogP contribution is -1.97. The molecule has 3 aromatic heterocycles. The molecule has 198 valence electrons. The molecule has 0 atom stereocenters. The Hall–Kier alpha value is -5.28. The van der Waals surface area contributed by atoms with E-state index < -0.39 is 0 Å². The van der Waals surface area contributed by atoms with E-state index in [1.807, 2.05) is 12.2 Å². The van der Waals surface area contributed by atoms with Gasteiger partial charge in [0.15, 0.2) is 0 Å². The molecule has 0 aliphatic rings. The van der Waals surface area contributed by atoms with Crippen LogP contribution in [0.1, 0.15) is 36.4 Å². The summed E-state index contributed by atoms with van der Waals surface area (Å²) in [5.41, 5.74) is 11.3. The van der Waals surface area contributed by atoms with Gasteiger partial charge in [-0.3, -0.25) is 0 Å². The Labute approximate surface area is 239 Å². The van der Waals surface area contributed by atoms with E-state index in [9.17, 15) is 0 Å². The zero-order chi connectivity index (χ0) is 28.1. The van der Waals surface area contributed by atoms with E-state index in [4.69, 9.17) is 0 Å². The molecule has 0 spiro atoms. The van der Waals surface area contributed by atoms with Crippen molar-refractivity contribution in [3.8, 4) is 11.4 Å². The van der Waals surface area contributed by atoms with Gasteiger partial charge in [-0.1, -0.05) is 73.9 Å². The van der Waals surface area contributed by atoms with E-state index in [1.165, 1.54) is 43.7 Å². The van der Waals surface area contributed by atoms with Gasteiger partial charge in [0.1, 0.15) is 0 Å². The molecule has 0 aliphatic heterocycles. The second-order valence-electron chi connectivity index (χ2n) is 10.3. The predicted octanol–water partition coefficient (Wildman–Crippen LogP) is 10.6. The maximum absolute atomic E-state index is 4.18. The van der Waals surface area contributed by atoms with Gasteiger partial charge in [-0.15, -0.1) is 0 Å². The lowest BCUT2D eigenvalue weighted by molar-refractivity contribution is 1.11. The number of hydrogen-bond donors (Lipinski definition) is 1. The molecule has 41 heavy (non-hydrogen) atoms. The monoisotopic (exact) mass is 529 g/mol. The van der Waals surface area contributed by atoms with Crippen LogP contribution in [0.25, 0.3) is 79.3 Å². The van der Waals surface area contributed by atoms with Crippen LogP contribution in [0.5, 0.6) is 0 Å². The van der Waals surface area contributed by atoms with Crippen molar-refractivity contribution in [2.24, 2.45) is 0 Å². The van der Waals surface area contributed by atoms with Gasteiger partial charge in [0.2, 0.25) is 0 Å². The van der Waals surface area contributed by atoms with Crippen molar-refractivity contribution in [1.82, 2.24) is 14.1 Å². The summed E-state index contributed by atoms with van der Waals surface area (Å²) in [6.07, 6.45) is 12.5. The topological polar surface area (TPSA) is 25.6 Å². The molecule has 1 N–H and O–H groups in total. The number of benzene rings is 4. The number of rotatable bonds is 6. The lowest BCUT2D eigenvalue weighted by atomic mass is 10.1. The standard InChI is InChI=1S/C38H31N3/c1-5-13-27-29-15-9-11-17-37(29)40(35(27)7-3)25-19-21-33-31(23-25)32-24-26(20-22-34(32)39-33)41-36(8-4)28(14-6-2)30-16-10-12-18-38(30)41/h5-24,39H,3-4H2,1-2H3/b13-5-,14-6-. The zero-order valence-electron chi connectivity index (χ0n) is 23.4. The number of nitrogens with zero attached hydrogens (tertiary/aromatic N) is 2. The van der Waals surface area contributed by atoms with E-state index in [0.29, 0.717) is 0 Å². The molecular weight excluding hydrogens is 498 g/mol. The van der Waals surface area contributed by atoms with Crippen LogP contribution < -0.4 is 0 Å². The van der Waals surface area contributed by atoms with Gasteiger partial charge in [-0.2, -0.15) is 0 Å². The van der Waals surface area contributed by atoms with Crippen molar-refractivity contribution in [3.05, 3.63) is 133 Å². The van der Waals surface area contributed by atoms with E-state index in [0.717, 1.165) is 33.8 Å². The van der Waals surface area contributed by atoms with Gasteiger partial charge in [-0.05, 0) is 74.5 Å². The van der Waals surface area contributed by atoms with E-state index in [-0.39, 0.29) is 0 Å². The maximum atomic E-state index is 4.18. The van der Waals surface area contributed by atoms with Gasteiger partial charge in [0.25, 0.3) is 0 Å². The van der Waals surface area contributed by atoms with Crippen LogP contribution in [0.4, 0.5) is 0 Å². The van der Waals surface area contributed by atoms with Crippen molar-refractivity contribution < 1.29 is 0 Å². The molecule has 0 saturated heterocycles. The number of H-pyrrole nitrogens is 1. The number of hydrogen-bond acceptors (Lipinski definition) is 0. The first kappa shape index (κ1) is 24.7. The largest absolute Gasteiger partial charge is 0.355 e. The maximum Gasteiger partial charge on any atom is 0.0541 e. The summed E-state index contributed by atoms with van der Waals surface area (Å²) < 4.78 is 4.64. The van der Waals surface area contributed by atoms with Gasteiger partial charge in [-0.25, -0.2) is 0 Å². The Bertz CT molecular complexity index is 2050. The Morgan fingerprint density at radius 3 is 1.41 bits per heavy atom. The summed E-state index contributed by atoms with van der Waals surface area (Å²) >= 11 is 0. The molecule has 0 saturated carbocycles. The molecule has 7 aromatic rings. The Morgan fingerprint density at radius 2 is 1.00 bits per heavy atom. The number of para-hydroxylation sites is 2. The van der Waals surface area contributed by atoms with Crippen LogP contribution in [-0.2, 0) is 0 Å². The summed E-state index contributed by atoms with van der Waals surface area (Å²) in [4.78, 5) is 3.64. The van der Waals surface area contributed by atoms with Gasteiger partial charge >= 0.3 is 0 Å². The van der Waals surface area contributed by atoms with E-state index in [2.05, 4.69) is 150 Å². The Morgan fingerprint density at radius 1 is 0.561 bits per heavy atom. The first-order valence-corrected chi connectivity index (χ1v) is 14.0. The number of allylic oxidation sites excluding steroid dienone is 2. The van der Waals surface area contributed by atoms with Crippen molar-refractivity contribution in [1.29, 1.82) is 0 Å². The molecule has 0 fully saturated rings. The van der Waals surface area contributed by atoms with Crippen molar-refractivity contribution in [2.75, 3.05) is 0 Å². The Balaban J connectivity index is 1.49. The van der Waals surface area contributed by atoms with E-state index in [1.54, 1.807) is 0 Å². The third-order valence-electron chi connectivity index (χ3n) is 8.04. The summed E-state index contributed by atoms with van der Waals surface area (Å²) in [6.45, 7) is 12.5. The number of nitrogens with one attached hydrogen (secondary N) is 1. The van der Waals surface area contributed by atoms with Gasteiger partial charge < -0.3 is 14.1 Å². The molecule has 0 bridgehead atoms. The molecule has 3 heterocycles. The molecule has 0 aliphatic carbocycles. The van der Waals surface area contributed by atoms with Crippen molar-refractivity contribution in [2.45, 2.75) is 13.8 Å². The Kier molecular flexibility index (Phi) is 5.87. The highest BCUT2D eigenvalue weighted by molar-refractivity contribution is 6.09. The minimum Gasteiger partial charge on any atom is -0.355 e. The number of aromatic amines is 1. The first-order valence-electron chi connectivity index (χ1n) is 14.0. The predicted molar refractivity (Wildman–Crippen MR) is 179 cm³/mol. The van der Waals surface area contributed by atoms with E-state index >= 15 is 0 Å². The molecule has 3 heteroatoms.